The monoisotopic (exact) mass is 248 g/mol. The van der Waals surface area contributed by atoms with Gasteiger partial charge in [0.1, 0.15) is 6.17 Å². The zero-order valence-corrected chi connectivity index (χ0v) is 9.78. The maximum absolute atomic E-state index is 11.6. The van der Waals surface area contributed by atoms with Crippen LogP contribution in [0.3, 0.4) is 0 Å². The Morgan fingerprint density at radius 2 is 2.06 bits per heavy atom. The number of nitrogens with one attached hydrogen (secondary N) is 2. The summed E-state index contributed by atoms with van der Waals surface area (Å²) < 4.78 is 0. The molecule has 1 saturated heterocycles. The Bertz CT molecular complexity index is 460. The van der Waals surface area contributed by atoms with Gasteiger partial charge in [-0.05, 0) is 17.8 Å². The number of amides is 1. The summed E-state index contributed by atoms with van der Waals surface area (Å²) >= 11 is 4.82. The number of nitrogens with two attached hydrogens (primary N) is 1. The summed E-state index contributed by atoms with van der Waals surface area (Å²) in [5.74, 6) is -0.284. The largest absolute Gasteiger partial charge is 0.345 e. The van der Waals surface area contributed by atoms with Gasteiger partial charge < -0.3 is 16.4 Å². The van der Waals surface area contributed by atoms with E-state index in [-0.39, 0.29) is 11.0 Å². The molecule has 0 saturated carbocycles. The molecule has 0 bridgehead atoms. The SMILES string of the molecule is NC1NC(=S)NC(=O)C1N=Cc1ccccc1. The lowest BCUT2D eigenvalue weighted by atomic mass is 10.2. The van der Waals surface area contributed by atoms with Gasteiger partial charge in [-0.1, -0.05) is 30.3 Å². The highest BCUT2D eigenvalue weighted by Crippen LogP contribution is 2.02. The lowest BCUT2D eigenvalue weighted by molar-refractivity contribution is -0.122. The zero-order chi connectivity index (χ0) is 12.3. The maximum Gasteiger partial charge on any atom is 0.254 e. The number of hydrogen-bond acceptors (Lipinski definition) is 4. The standard InChI is InChI=1S/C11H12N4OS/c12-9-8(10(16)15-11(17)14-9)13-6-7-4-2-1-3-5-7/h1-6,8-9H,12H2,(H2,14,15,16,17). The number of thiocarbonyl (C=S) groups is 1. The molecule has 2 unspecified atom stereocenters. The summed E-state index contributed by atoms with van der Waals surface area (Å²) in [4.78, 5) is 15.8. The van der Waals surface area contributed by atoms with Crippen molar-refractivity contribution < 1.29 is 4.79 Å². The first-order valence-electron chi connectivity index (χ1n) is 5.12. The topological polar surface area (TPSA) is 79.5 Å². The molecule has 1 heterocycles. The molecule has 1 aliphatic rings. The molecule has 1 aromatic carbocycles. The fourth-order valence-corrected chi connectivity index (χ4v) is 1.72. The van der Waals surface area contributed by atoms with Crippen molar-refractivity contribution in [2.24, 2.45) is 10.7 Å². The third-order valence-corrected chi connectivity index (χ3v) is 2.55. The summed E-state index contributed by atoms with van der Waals surface area (Å²) in [7, 11) is 0. The normalized spacial score (nSPS) is 24.5. The fourth-order valence-electron chi connectivity index (χ4n) is 1.48. The summed E-state index contributed by atoms with van der Waals surface area (Å²) in [6, 6.07) is 8.84. The summed E-state index contributed by atoms with van der Waals surface area (Å²) in [6.07, 6.45) is 1.04. The number of carbonyl (C=O) groups is 1. The van der Waals surface area contributed by atoms with Crippen LogP contribution in [0.2, 0.25) is 0 Å². The maximum atomic E-state index is 11.6. The third kappa shape index (κ3) is 2.86. The molecule has 6 heteroatoms. The summed E-state index contributed by atoms with van der Waals surface area (Å²) in [6.45, 7) is 0. The van der Waals surface area contributed by atoms with Crippen molar-refractivity contribution >= 4 is 29.5 Å². The van der Waals surface area contributed by atoms with Gasteiger partial charge in [0.15, 0.2) is 11.2 Å². The van der Waals surface area contributed by atoms with Crippen LogP contribution in [0.5, 0.6) is 0 Å². The Morgan fingerprint density at radius 1 is 1.35 bits per heavy atom. The average Bonchev–Trinajstić information content (AvgIpc) is 2.29. The highest BCUT2D eigenvalue weighted by atomic mass is 32.1. The van der Waals surface area contributed by atoms with Gasteiger partial charge in [-0.2, -0.15) is 0 Å². The van der Waals surface area contributed by atoms with E-state index in [1.807, 2.05) is 30.3 Å². The number of nitrogens with zero attached hydrogens (tertiary/aromatic N) is 1. The third-order valence-electron chi connectivity index (χ3n) is 2.33. The Hall–Kier alpha value is -1.79. The van der Waals surface area contributed by atoms with Crippen molar-refractivity contribution in [1.29, 1.82) is 0 Å². The lowest BCUT2D eigenvalue weighted by Crippen LogP contribution is -2.63. The minimum absolute atomic E-state index is 0.244. The predicted octanol–water partition coefficient (Wildman–Crippen LogP) is -0.237. The molecular formula is C11H12N4OS. The molecule has 1 aromatic rings. The Morgan fingerprint density at radius 3 is 2.71 bits per heavy atom. The quantitative estimate of drug-likeness (QED) is 0.498. The van der Waals surface area contributed by atoms with Crippen LogP contribution in [0.4, 0.5) is 0 Å². The van der Waals surface area contributed by atoms with Crippen LogP contribution in [0, 0.1) is 0 Å². The van der Waals surface area contributed by atoms with E-state index in [1.165, 1.54) is 0 Å². The second kappa shape index (κ2) is 5.03. The van der Waals surface area contributed by atoms with E-state index in [4.69, 9.17) is 18.0 Å². The second-order valence-electron chi connectivity index (χ2n) is 3.62. The molecule has 17 heavy (non-hydrogen) atoms. The Kier molecular flexibility index (Phi) is 3.46. The van der Waals surface area contributed by atoms with Gasteiger partial charge in [0, 0.05) is 6.21 Å². The number of rotatable bonds is 2. The first-order valence-corrected chi connectivity index (χ1v) is 5.53. The van der Waals surface area contributed by atoms with Crippen molar-refractivity contribution in [3.05, 3.63) is 35.9 Å². The van der Waals surface area contributed by atoms with Crippen LogP contribution < -0.4 is 16.4 Å². The number of benzene rings is 1. The Labute approximate surface area is 104 Å². The molecule has 1 amide bonds. The van der Waals surface area contributed by atoms with Gasteiger partial charge in [0.05, 0.1) is 0 Å². The molecule has 0 spiro atoms. The predicted molar refractivity (Wildman–Crippen MR) is 69.7 cm³/mol. The zero-order valence-electron chi connectivity index (χ0n) is 8.96. The van der Waals surface area contributed by atoms with Crippen molar-refractivity contribution in [2.45, 2.75) is 12.2 Å². The second-order valence-corrected chi connectivity index (χ2v) is 4.03. The first kappa shape index (κ1) is 11.7. The van der Waals surface area contributed by atoms with Gasteiger partial charge >= 0.3 is 0 Å². The number of aliphatic imine (C=N–C) groups is 1. The molecule has 0 radical (unpaired) electrons. The number of hydrogen-bond donors (Lipinski definition) is 3. The van der Waals surface area contributed by atoms with Gasteiger partial charge in [0.25, 0.3) is 5.91 Å². The van der Waals surface area contributed by atoms with Crippen LogP contribution in [0.15, 0.2) is 35.3 Å². The molecule has 2 rings (SSSR count). The van der Waals surface area contributed by atoms with Crippen molar-refractivity contribution in [3.63, 3.8) is 0 Å². The van der Waals surface area contributed by atoms with Crippen molar-refractivity contribution in [1.82, 2.24) is 10.6 Å². The van der Waals surface area contributed by atoms with Gasteiger partial charge in [0.2, 0.25) is 0 Å². The van der Waals surface area contributed by atoms with E-state index in [1.54, 1.807) is 6.21 Å². The van der Waals surface area contributed by atoms with Crippen LogP contribution in [-0.2, 0) is 4.79 Å². The van der Waals surface area contributed by atoms with E-state index in [9.17, 15) is 4.79 Å². The first-order chi connectivity index (χ1) is 8.16. The minimum atomic E-state index is -0.665. The molecular weight excluding hydrogens is 236 g/mol. The van der Waals surface area contributed by atoms with Gasteiger partial charge in [-0.15, -0.1) is 0 Å². The fraction of sp³-hybridized carbons (Fsp3) is 0.182. The van der Waals surface area contributed by atoms with Crippen LogP contribution >= 0.6 is 12.2 Å². The highest BCUT2D eigenvalue weighted by molar-refractivity contribution is 7.80. The molecule has 0 aromatic heterocycles. The van der Waals surface area contributed by atoms with E-state index >= 15 is 0 Å². The van der Waals surface area contributed by atoms with Crippen LogP contribution in [-0.4, -0.2) is 29.4 Å². The number of carbonyl (C=O) groups excluding carboxylic acids is 1. The summed E-state index contributed by atoms with van der Waals surface area (Å²) in [5, 5.41) is 5.49. The van der Waals surface area contributed by atoms with E-state index in [0.717, 1.165) is 5.56 Å². The average molecular weight is 248 g/mol. The highest BCUT2D eigenvalue weighted by Gasteiger charge is 2.30. The molecule has 5 nitrogen and oxygen atoms in total. The van der Waals surface area contributed by atoms with E-state index in [2.05, 4.69) is 15.6 Å². The smallest absolute Gasteiger partial charge is 0.254 e. The van der Waals surface area contributed by atoms with Crippen molar-refractivity contribution in [2.75, 3.05) is 0 Å². The molecule has 4 N–H and O–H groups in total. The van der Waals surface area contributed by atoms with E-state index < -0.39 is 12.2 Å². The lowest BCUT2D eigenvalue weighted by Gasteiger charge is -2.27. The summed E-state index contributed by atoms with van der Waals surface area (Å²) in [5.41, 5.74) is 6.67. The molecule has 2 atom stereocenters. The molecule has 0 aliphatic carbocycles. The van der Waals surface area contributed by atoms with Gasteiger partial charge in [-0.25, -0.2) is 0 Å². The molecule has 1 aliphatic heterocycles. The van der Waals surface area contributed by atoms with Crippen molar-refractivity contribution in [3.8, 4) is 0 Å². The molecule has 88 valence electrons. The molecule has 1 fully saturated rings. The minimum Gasteiger partial charge on any atom is -0.345 e. The van der Waals surface area contributed by atoms with Gasteiger partial charge in [-0.3, -0.25) is 9.79 Å². The van der Waals surface area contributed by atoms with Crippen LogP contribution in [0.25, 0.3) is 0 Å². The Balaban J connectivity index is 2.10. The van der Waals surface area contributed by atoms with Crippen LogP contribution in [0.1, 0.15) is 5.56 Å². The van der Waals surface area contributed by atoms with E-state index in [0.29, 0.717) is 0 Å².